The fourth-order valence-electron chi connectivity index (χ4n) is 3.16. The molecule has 0 radical (unpaired) electrons. The molecular weight excluding hydrogens is 565 g/mol. The highest BCUT2D eigenvalue weighted by molar-refractivity contribution is 9.10. The van der Waals surface area contributed by atoms with Crippen LogP contribution in [-0.2, 0) is 26.2 Å². The van der Waals surface area contributed by atoms with E-state index < -0.39 is 28.5 Å². The Bertz CT molecular complexity index is 1150. The molecule has 0 saturated carbocycles. The number of carbonyl (C=O) groups is 2. The van der Waals surface area contributed by atoms with E-state index in [9.17, 15) is 18.0 Å². The molecule has 0 spiro atoms. The maximum atomic E-state index is 13.5. The monoisotopic (exact) mass is 591 g/mol. The van der Waals surface area contributed by atoms with Gasteiger partial charge in [0.2, 0.25) is 21.8 Å². The summed E-state index contributed by atoms with van der Waals surface area (Å²) in [6, 6.07) is 11.0. The summed E-state index contributed by atoms with van der Waals surface area (Å²) in [7, 11) is -3.90. The van der Waals surface area contributed by atoms with Gasteiger partial charge in [0.1, 0.15) is 12.6 Å². The number of sulfonamides is 1. The number of hydrogen-bond acceptors (Lipinski definition) is 4. The van der Waals surface area contributed by atoms with E-state index in [1.807, 2.05) is 38.1 Å². The molecule has 1 N–H and O–H groups in total. The van der Waals surface area contributed by atoms with Gasteiger partial charge in [0.05, 0.1) is 22.0 Å². The molecule has 11 heteroatoms. The lowest BCUT2D eigenvalue weighted by molar-refractivity contribution is -0.139. The van der Waals surface area contributed by atoms with Crippen LogP contribution in [0.2, 0.25) is 10.0 Å². The van der Waals surface area contributed by atoms with Crippen molar-refractivity contribution in [1.82, 2.24) is 10.2 Å². The van der Waals surface area contributed by atoms with E-state index in [0.29, 0.717) is 0 Å². The molecule has 2 aromatic carbocycles. The Morgan fingerprint density at radius 2 is 1.76 bits per heavy atom. The van der Waals surface area contributed by atoms with Gasteiger partial charge < -0.3 is 10.2 Å². The van der Waals surface area contributed by atoms with E-state index >= 15 is 0 Å². The van der Waals surface area contributed by atoms with Crippen LogP contribution < -0.4 is 9.62 Å². The second kappa shape index (κ2) is 12.2. The number of benzene rings is 2. The number of nitrogens with zero attached hydrogens (tertiary/aromatic N) is 2. The number of halogens is 3. The Morgan fingerprint density at radius 3 is 2.35 bits per heavy atom. The molecule has 0 heterocycles. The Morgan fingerprint density at radius 1 is 1.12 bits per heavy atom. The lowest BCUT2D eigenvalue weighted by Crippen LogP contribution is -2.52. The van der Waals surface area contributed by atoms with Gasteiger partial charge in [-0.15, -0.1) is 0 Å². The average Bonchev–Trinajstić information content (AvgIpc) is 2.76. The van der Waals surface area contributed by atoms with Gasteiger partial charge in [-0.25, -0.2) is 8.42 Å². The normalized spacial score (nSPS) is 13.1. The quantitative estimate of drug-likeness (QED) is 0.427. The Labute approximate surface area is 219 Å². The molecule has 0 aromatic heterocycles. The topological polar surface area (TPSA) is 86.8 Å². The SMILES string of the molecule is CC[C@H](C)NC(=O)[C@@H](C)N(Cc1cccc(Br)c1)C(=O)CN(c1cccc(Cl)c1Cl)S(C)(=O)=O. The Hall–Kier alpha value is -1.81. The first-order valence-corrected chi connectivity index (χ1v) is 14.0. The lowest BCUT2D eigenvalue weighted by Gasteiger charge is -2.32. The van der Waals surface area contributed by atoms with Crippen molar-refractivity contribution < 1.29 is 18.0 Å². The zero-order valence-corrected chi connectivity index (χ0v) is 23.3. The van der Waals surface area contributed by atoms with Crippen LogP contribution in [0.3, 0.4) is 0 Å². The first kappa shape index (κ1) is 28.4. The summed E-state index contributed by atoms with van der Waals surface area (Å²) in [5, 5.41) is 3.06. The number of rotatable bonds is 10. The number of nitrogens with one attached hydrogen (secondary N) is 1. The fraction of sp³-hybridized carbons (Fsp3) is 0.391. The van der Waals surface area contributed by atoms with Crippen molar-refractivity contribution in [3.8, 4) is 0 Å². The van der Waals surface area contributed by atoms with Crippen LogP contribution in [0.5, 0.6) is 0 Å². The van der Waals surface area contributed by atoms with E-state index in [4.69, 9.17) is 23.2 Å². The van der Waals surface area contributed by atoms with Crippen LogP contribution >= 0.6 is 39.1 Å². The van der Waals surface area contributed by atoms with Crippen LogP contribution in [0.15, 0.2) is 46.9 Å². The van der Waals surface area contributed by atoms with Gasteiger partial charge in [-0.2, -0.15) is 0 Å². The molecular formula is C23H28BrCl2N3O4S. The Balaban J connectivity index is 2.43. The summed E-state index contributed by atoms with van der Waals surface area (Å²) < 4.78 is 26.9. The minimum absolute atomic E-state index is 0.0171. The second-order valence-corrected chi connectivity index (χ2v) is 11.6. The zero-order chi connectivity index (χ0) is 25.6. The summed E-state index contributed by atoms with van der Waals surface area (Å²) >= 11 is 15.7. The molecule has 7 nitrogen and oxygen atoms in total. The molecule has 2 rings (SSSR count). The predicted molar refractivity (Wildman–Crippen MR) is 141 cm³/mol. The molecule has 2 aromatic rings. The molecule has 2 amide bonds. The maximum absolute atomic E-state index is 13.5. The third-order valence-corrected chi connectivity index (χ3v) is 7.72. The third-order valence-electron chi connectivity index (χ3n) is 5.29. The summed E-state index contributed by atoms with van der Waals surface area (Å²) in [6.45, 7) is 4.99. The fourth-order valence-corrected chi connectivity index (χ4v) is 4.91. The van der Waals surface area contributed by atoms with Crippen molar-refractivity contribution in [2.75, 3.05) is 17.1 Å². The van der Waals surface area contributed by atoms with Gasteiger partial charge >= 0.3 is 0 Å². The van der Waals surface area contributed by atoms with Gasteiger partial charge in [0.25, 0.3) is 0 Å². The van der Waals surface area contributed by atoms with Crippen molar-refractivity contribution in [1.29, 1.82) is 0 Å². The third kappa shape index (κ3) is 7.60. The van der Waals surface area contributed by atoms with Gasteiger partial charge in [0.15, 0.2) is 0 Å². The lowest BCUT2D eigenvalue weighted by atomic mass is 10.1. The second-order valence-electron chi connectivity index (χ2n) is 7.99. The molecule has 0 aliphatic heterocycles. The molecule has 0 bridgehead atoms. The molecule has 0 unspecified atom stereocenters. The van der Waals surface area contributed by atoms with Gasteiger partial charge in [0, 0.05) is 17.1 Å². The van der Waals surface area contributed by atoms with Gasteiger partial charge in [-0.05, 0) is 50.1 Å². The van der Waals surface area contributed by atoms with Crippen molar-refractivity contribution in [3.63, 3.8) is 0 Å². The molecule has 186 valence electrons. The van der Waals surface area contributed by atoms with Crippen molar-refractivity contribution in [3.05, 3.63) is 62.5 Å². The molecule has 0 fully saturated rings. The van der Waals surface area contributed by atoms with Crippen LogP contribution in [0.25, 0.3) is 0 Å². The van der Waals surface area contributed by atoms with E-state index in [-0.39, 0.29) is 34.2 Å². The van der Waals surface area contributed by atoms with Gasteiger partial charge in [-0.1, -0.05) is 64.3 Å². The largest absolute Gasteiger partial charge is 0.352 e. The van der Waals surface area contributed by atoms with E-state index in [1.165, 1.54) is 17.0 Å². The standard InChI is InChI=1S/C23H28BrCl2N3O4S/c1-5-15(2)27-23(31)16(3)28(13-17-8-6-9-18(24)12-17)21(30)14-29(34(4,32)33)20-11-7-10-19(25)22(20)26/h6-12,15-16H,5,13-14H2,1-4H3,(H,27,31)/t15-,16+/m0/s1. The molecule has 0 aliphatic carbocycles. The summed E-state index contributed by atoms with van der Waals surface area (Å²) in [4.78, 5) is 27.8. The Kier molecular flexibility index (Phi) is 10.2. The maximum Gasteiger partial charge on any atom is 0.244 e. The number of carbonyl (C=O) groups excluding carboxylic acids is 2. The van der Waals surface area contributed by atoms with Crippen molar-refractivity contribution >= 4 is 66.7 Å². The minimum Gasteiger partial charge on any atom is -0.352 e. The first-order chi connectivity index (χ1) is 15.8. The highest BCUT2D eigenvalue weighted by Crippen LogP contribution is 2.33. The van der Waals surface area contributed by atoms with Crippen molar-refractivity contribution in [2.45, 2.75) is 45.8 Å². The first-order valence-electron chi connectivity index (χ1n) is 10.6. The molecule has 34 heavy (non-hydrogen) atoms. The minimum atomic E-state index is -3.90. The zero-order valence-electron chi connectivity index (χ0n) is 19.4. The number of amides is 2. The smallest absolute Gasteiger partial charge is 0.244 e. The predicted octanol–water partition coefficient (Wildman–Crippen LogP) is 4.85. The number of anilines is 1. The summed E-state index contributed by atoms with van der Waals surface area (Å²) in [5.41, 5.74) is 0.863. The molecule has 0 saturated heterocycles. The van der Waals surface area contributed by atoms with E-state index in [0.717, 1.165) is 27.0 Å². The van der Waals surface area contributed by atoms with Gasteiger partial charge in [-0.3, -0.25) is 13.9 Å². The van der Waals surface area contributed by atoms with Crippen LogP contribution in [0.1, 0.15) is 32.8 Å². The molecule has 0 aliphatic rings. The van der Waals surface area contributed by atoms with E-state index in [1.54, 1.807) is 13.0 Å². The van der Waals surface area contributed by atoms with Crippen molar-refractivity contribution in [2.24, 2.45) is 0 Å². The van der Waals surface area contributed by atoms with Crippen LogP contribution in [-0.4, -0.2) is 50.0 Å². The summed E-state index contributed by atoms with van der Waals surface area (Å²) in [5.74, 6) is -0.891. The van der Waals surface area contributed by atoms with E-state index in [2.05, 4.69) is 21.2 Å². The summed E-state index contributed by atoms with van der Waals surface area (Å²) in [6.07, 6.45) is 1.71. The van der Waals surface area contributed by atoms with Crippen LogP contribution in [0.4, 0.5) is 5.69 Å². The highest BCUT2D eigenvalue weighted by Gasteiger charge is 2.31. The average molecular weight is 593 g/mol. The van der Waals surface area contributed by atoms with Crippen LogP contribution in [0, 0.1) is 0 Å². The molecule has 2 atom stereocenters. The number of hydrogen-bond donors (Lipinski definition) is 1. The highest BCUT2D eigenvalue weighted by atomic mass is 79.9.